The van der Waals surface area contributed by atoms with Gasteiger partial charge in [-0.05, 0) is 51.0 Å². The van der Waals surface area contributed by atoms with Gasteiger partial charge < -0.3 is 19.5 Å². The van der Waals surface area contributed by atoms with Crippen molar-refractivity contribution in [3.05, 3.63) is 30.6 Å². The SMILES string of the molecule is CCCN(CCC)CCCNc1ncnc2onc(-c3ccccc3OC)c12. The number of aromatic nitrogens is 3. The van der Waals surface area contributed by atoms with Crippen LogP contribution in [-0.2, 0) is 0 Å². The van der Waals surface area contributed by atoms with Crippen LogP contribution in [0.5, 0.6) is 5.75 Å². The van der Waals surface area contributed by atoms with Crippen molar-refractivity contribution in [1.29, 1.82) is 0 Å². The zero-order chi connectivity index (χ0) is 19.8. The molecule has 0 saturated carbocycles. The molecule has 0 unspecified atom stereocenters. The number of nitrogens with one attached hydrogen (secondary N) is 1. The Labute approximate surface area is 166 Å². The molecule has 2 aromatic heterocycles. The van der Waals surface area contributed by atoms with Crippen molar-refractivity contribution in [3.63, 3.8) is 0 Å². The van der Waals surface area contributed by atoms with E-state index < -0.39 is 0 Å². The molecule has 0 radical (unpaired) electrons. The summed E-state index contributed by atoms with van der Waals surface area (Å²) in [5, 5.41) is 8.46. The topological polar surface area (TPSA) is 76.3 Å². The maximum Gasteiger partial charge on any atom is 0.263 e. The average molecular weight is 383 g/mol. The van der Waals surface area contributed by atoms with E-state index in [-0.39, 0.29) is 0 Å². The highest BCUT2D eigenvalue weighted by atomic mass is 16.5. The minimum absolute atomic E-state index is 0.469. The Morgan fingerprint density at radius 2 is 1.86 bits per heavy atom. The number of hydrogen-bond acceptors (Lipinski definition) is 7. The van der Waals surface area contributed by atoms with Crippen LogP contribution in [0.2, 0.25) is 0 Å². The van der Waals surface area contributed by atoms with Gasteiger partial charge in [-0.25, -0.2) is 4.98 Å². The molecule has 2 heterocycles. The largest absolute Gasteiger partial charge is 0.496 e. The highest BCUT2D eigenvalue weighted by Crippen LogP contribution is 2.36. The molecule has 150 valence electrons. The Hall–Kier alpha value is -2.67. The molecule has 3 aromatic rings. The lowest BCUT2D eigenvalue weighted by Crippen LogP contribution is -2.27. The number of ether oxygens (including phenoxy) is 1. The molecule has 0 aliphatic heterocycles. The second-order valence-electron chi connectivity index (χ2n) is 6.76. The van der Waals surface area contributed by atoms with Crippen LogP contribution in [0.3, 0.4) is 0 Å². The summed E-state index contributed by atoms with van der Waals surface area (Å²) in [6, 6.07) is 7.74. The van der Waals surface area contributed by atoms with E-state index in [9.17, 15) is 0 Å². The van der Waals surface area contributed by atoms with Crippen molar-refractivity contribution in [2.24, 2.45) is 0 Å². The van der Waals surface area contributed by atoms with Crippen LogP contribution in [-0.4, -0.2) is 53.3 Å². The zero-order valence-electron chi connectivity index (χ0n) is 16.9. The fourth-order valence-corrected chi connectivity index (χ4v) is 3.42. The van der Waals surface area contributed by atoms with Crippen LogP contribution in [0.1, 0.15) is 33.1 Å². The Bertz CT molecular complexity index is 874. The van der Waals surface area contributed by atoms with Crippen molar-refractivity contribution in [3.8, 4) is 17.0 Å². The van der Waals surface area contributed by atoms with E-state index in [0.717, 1.165) is 55.1 Å². The van der Waals surface area contributed by atoms with Crippen molar-refractivity contribution < 1.29 is 9.26 Å². The van der Waals surface area contributed by atoms with Gasteiger partial charge >= 0.3 is 0 Å². The van der Waals surface area contributed by atoms with Gasteiger partial charge in [-0.3, -0.25) is 0 Å². The van der Waals surface area contributed by atoms with Crippen LogP contribution in [0.4, 0.5) is 5.82 Å². The van der Waals surface area contributed by atoms with E-state index in [4.69, 9.17) is 9.26 Å². The summed E-state index contributed by atoms with van der Waals surface area (Å²) < 4.78 is 10.9. The lowest BCUT2D eigenvalue weighted by atomic mass is 10.1. The van der Waals surface area contributed by atoms with E-state index in [1.54, 1.807) is 7.11 Å². The first-order chi connectivity index (χ1) is 13.8. The number of hydrogen-bond donors (Lipinski definition) is 1. The normalized spacial score (nSPS) is 11.3. The standard InChI is InChI=1S/C21H29N5O2/c1-4-12-26(13-5-2)14-8-11-22-20-18-19(25-28-21(18)24-15-23-20)16-9-6-7-10-17(16)27-3/h6-7,9-10,15H,4-5,8,11-14H2,1-3H3,(H,22,23,24). The summed E-state index contributed by atoms with van der Waals surface area (Å²) in [6.07, 6.45) is 4.91. The molecule has 0 fully saturated rings. The summed E-state index contributed by atoms with van der Waals surface area (Å²) in [6.45, 7) is 8.65. The van der Waals surface area contributed by atoms with Gasteiger partial charge in [0.25, 0.3) is 5.71 Å². The third kappa shape index (κ3) is 4.59. The monoisotopic (exact) mass is 383 g/mol. The number of benzene rings is 1. The molecule has 28 heavy (non-hydrogen) atoms. The number of rotatable bonds is 11. The predicted molar refractivity (Wildman–Crippen MR) is 112 cm³/mol. The van der Waals surface area contributed by atoms with E-state index in [0.29, 0.717) is 11.4 Å². The summed E-state index contributed by atoms with van der Waals surface area (Å²) in [5.74, 6) is 1.48. The van der Waals surface area contributed by atoms with Crippen molar-refractivity contribution in [2.45, 2.75) is 33.1 Å². The summed E-state index contributed by atoms with van der Waals surface area (Å²) in [4.78, 5) is 11.2. The van der Waals surface area contributed by atoms with Crippen molar-refractivity contribution in [1.82, 2.24) is 20.0 Å². The third-order valence-electron chi connectivity index (χ3n) is 4.66. The van der Waals surface area contributed by atoms with Gasteiger partial charge in [0, 0.05) is 12.1 Å². The van der Waals surface area contributed by atoms with Gasteiger partial charge in [-0.2, -0.15) is 4.98 Å². The first-order valence-electron chi connectivity index (χ1n) is 9.98. The summed E-state index contributed by atoms with van der Waals surface area (Å²) in [7, 11) is 1.65. The molecule has 1 N–H and O–H groups in total. The van der Waals surface area contributed by atoms with Gasteiger partial charge in [0.05, 0.1) is 7.11 Å². The van der Waals surface area contributed by atoms with E-state index >= 15 is 0 Å². The molecule has 1 aromatic carbocycles. The van der Waals surface area contributed by atoms with E-state index in [2.05, 4.69) is 39.2 Å². The van der Waals surface area contributed by atoms with Crippen molar-refractivity contribution >= 4 is 16.9 Å². The second-order valence-corrected chi connectivity index (χ2v) is 6.76. The number of nitrogens with zero attached hydrogens (tertiary/aromatic N) is 4. The molecular formula is C21H29N5O2. The minimum Gasteiger partial charge on any atom is -0.496 e. The Balaban J connectivity index is 1.76. The Kier molecular flexibility index (Phi) is 7.19. The summed E-state index contributed by atoms with van der Waals surface area (Å²) >= 11 is 0. The molecule has 7 heteroatoms. The van der Waals surface area contributed by atoms with Gasteiger partial charge in [0.1, 0.15) is 29.0 Å². The van der Waals surface area contributed by atoms with Crippen molar-refractivity contribution in [2.75, 3.05) is 38.6 Å². The lowest BCUT2D eigenvalue weighted by Gasteiger charge is -2.20. The molecule has 0 amide bonds. The first kappa shape index (κ1) is 20.1. The molecule has 3 rings (SSSR count). The Morgan fingerprint density at radius 3 is 2.61 bits per heavy atom. The molecule has 0 saturated heterocycles. The van der Waals surface area contributed by atoms with Gasteiger partial charge in [-0.15, -0.1) is 0 Å². The highest BCUT2D eigenvalue weighted by molar-refractivity contribution is 5.98. The lowest BCUT2D eigenvalue weighted by molar-refractivity contribution is 0.274. The highest BCUT2D eigenvalue weighted by Gasteiger charge is 2.19. The Morgan fingerprint density at radius 1 is 1.07 bits per heavy atom. The molecule has 0 aliphatic carbocycles. The van der Waals surface area contributed by atoms with Gasteiger partial charge in [0.2, 0.25) is 0 Å². The molecule has 0 bridgehead atoms. The average Bonchev–Trinajstić information content (AvgIpc) is 3.16. The maximum absolute atomic E-state index is 5.48. The third-order valence-corrected chi connectivity index (χ3v) is 4.66. The number of fused-ring (bicyclic) bond motifs is 1. The smallest absolute Gasteiger partial charge is 0.263 e. The predicted octanol–water partition coefficient (Wildman–Crippen LogP) is 4.22. The molecule has 0 spiro atoms. The van der Waals surface area contributed by atoms with Crippen LogP contribution >= 0.6 is 0 Å². The zero-order valence-corrected chi connectivity index (χ0v) is 16.9. The van der Waals surface area contributed by atoms with Crippen LogP contribution < -0.4 is 10.1 Å². The molecular weight excluding hydrogens is 354 g/mol. The number of anilines is 1. The first-order valence-corrected chi connectivity index (χ1v) is 9.98. The van der Waals surface area contributed by atoms with Crippen LogP contribution in [0.15, 0.2) is 35.1 Å². The van der Waals surface area contributed by atoms with E-state index in [1.165, 1.54) is 19.2 Å². The van der Waals surface area contributed by atoms with Gasteiger partial charge in [0.15, 0.2) is 0 Å². The molecule has 0 aliphatic rings. The molecule has 0 atom stereocenters. The summed E-state index contributed by atoms with van der Waals surface area (Å²) in [5.41, 5.74) is 2.02. The van der Waals surface area contributed by atoms with Crippen LogP contribution in [0, 0.1) is 0 Å². The fourth-order valence-electron chi connectivity index (χ4n) is 3.42. The second kappa shape index (κ2) is 10.0. The van der Waals surface area contributed by atoms with E-state index in [1.807, 2.05) is 24.3 Å². The molecule has 7 nitrogen and oxygen atoms in total. The maximum atomic E-state index is 5.48. The van der Waals surface area contributed by atoms with Gasteiger partial charge in [-0.1, -0.05) is 31.1 Å². The fraction of sp³-hybridized carbons (Fsp3) is 0.476. The number of para-hydroxylation sites is 1. The minimum atomic E-state index is 0.469. The van der Waals surface area contributed by atoms with Crippen LogP contribution in [0.25, 0.3) is 22.4 Å². The quantitative estimate of drug-likeness (QED) is 0.497. The number of methoxy groups -OCH3 is 1.